The van der Waals surface area contributed by atoms with Crippen LogP contribution in [0.5, 0.6) is 0 Å². The molecule has 0 radical (unpaired) electrons. The molecular formula is C15H22N2OS. The summed E-state index contributed by atoms with van der Waals surface area (Å²) in [6, 6.07) is 8.73. The first-order chi connectivity index (χ1) is 9.22. The molecule has 2 N–H and O–H groups in total. The third-order valence-corrected chi connectivity index (χ3v) is 4.39. The molecule has 4 heteroatoms. The summed E-state index contributed by atoms with van der Waals surface area (Å²) in [5.74, 6) is 1.11. The van der Waals surface area contributed by atoms with Gasteiger partial charge < -0.3 is 10.6 Å². The van der Waals surface area contributed by atoms with Gasteiger partial charge in [-0.3, -0.25) is 4.79 Å². The van der Waals surface area contributed by atoms with Gasteiger partial charge in [0.1, 0.15) is 0 Å². The van der Waals surface area contributed by atoms with Crippen molar-refractivity contribution < 1.29 is 4.79 Å². The number of hydrogen-bond acceptors (Lipinski definition) is 3. The van der Waals surface area contributed by atoms with Crippen LogP contribution in [-0.4, -0.2) is 31.0 Å². The average molecular weight is 278 g/mol. The predicted octanol–water partition coefficient (Wildman–Crippen LogP) is 1.99. The topological polar surface area (TPSA) is 41.1 Å². The quantitative estimate of drug-likeness (QED) is 0.865. The summed E-state index contributed by atoms with van der Waals surface area (Å²) in [5, 5.41) is 6.54. The minimum absolute atomic E-state index is 0.0776. The van der Waals surface area contributed by atoms with E-state index in [0.717, 1.165) is 18.7 Å². The third kappa shape index (κ3) is 3.74. The molecule has 2 rings (SSSR count). The predicted molar refractivity (Wildman–Crippen MR) is 81.4 cm³/mol. The van der Waals surface area contributed by atoms with Crippen molar-refractivity contribution in [3.05, 3.63) is 35.4 Å². The number of hydrogen-bond donors (Lipinski definition) is 2. The molecule has 1 aliphatic heterocycles. The second-order valence-electron chi connectivity index (χ2n) is 5.06. The van der Waals surface area contributed by atoms with E-state index in [-0.39, 0.29) is 17.9 Å². The molecule has 0 saturated carbocycles. The van der Waals surface area contributed by atoms with Gasteiger partial charge in [-0.15, -0.1) is 0 Å². The highest BCUT2D eigenvalue weighted by Gasteiger charge is 2.20. The van der Waals surface area contributed by atoms with Gasteiger partial charge in [0.25, 0.3) is 0 Å². The van der Waals surface area contributed by atoms with Crippen molar-refractivity contribution in [1.29, 1.82) is 0 Å². The van der Waals surface area contributed by atoms with Gasteiger partial charge >= 0.3 is 0 Å². The zero-order valence-corrected chi connectivity index (χ0v) is 12.4. The summed E-state index contributed by atoms with van der Waals surface area (Å²) in [6.07, 6.45) is 3.10. The monoisotopic (exact) mass is 278 g/mol. The van der Waals surface area contributed by atoms with Crippen molar-refractivity contribution in [3.8, 4) is 0 Å². The molecule has 1 heterocycles. The highest BCUT2D eigenvalue weighted by molar-refractivity contribution is 7.98. The van der Waals surface area contributed by atoms with Crippen LogP contribution in [0.25, 0.3) is 0 Å². The lowest BCUT2D eigenvalue weighted by Gasteiger charge is -2.27. The fourth-order valence-corrected chi connectivity index (χ4v) is 3.13. The maximum absolute atomic E-state index is 11.9. The van der Waals surface area contributed by atoms with E-state index in [2.05, 4.69) is 34.9 Å². The minimum Gasteiger partial charge on any atom is -0.354 e. The van der Waals surface area contributed by atoms with E-state index in [0.29, 0.717) is 6.54 Å². The van der Waals surface area contributed by atoms with Gasteiger partial charge in [0.2, 0.25) is 5.91 Å². The van der Waals surface area contributed by atoms with Crippen LogP contribution in [0, 0.1) is 5.92 Å². The van der Waals surface area contributed by atoms with E-state index in [4.69, 9.17) is 0 Å². The van der Waals surface area contributed by atoms with Crippen LogP contribution >= 0.6 is 11.8 Å². The van der Waals surface area contributed by atoms with E-state index in [9.17, 15) is 4.79 Å². The number of carbonyl (C=O) groups excluding carboxylic acids is 1. The fourth-order valence-electron chi connectivity index (χ4n) is 2.48. The molecule has 0 saturated heterocycles. The number of carbonyl (C=O) groups is 1. The summed E-state index contributed by atoms with van der Waals surface area (Å²) in [7, 11) is 0. The molecule has 104 valence electrons. The van der Waals surface area contributed by atoms with Crippen LogP contribution in [0.2, 0.25) is 0 Å². The van der Waals surface area contributed by atoms with Gasteiger partial charge in [-0.25, -0.2) is 0 Å². The van der Waals surface area contributed by atoms with Gasteiger partial charge in [0.05, 0.1) is 0 Å². The molecule has 2 unspecified atom stereocenters. The molecule has 0 aliphatic carbocycles. The summed E-state index contributed by atoms with van der Waals surface area (Å²) in [5.41, 5.74) is 2.73. The second kappa shape index (κ2) is 6.96. The van der Waals surface area contributed by atoms with Crippen molar-refractivity contribution >= 4 is 17.7 Å². The van der Waals surface area contributed by atoms with Crippen LogP contribution < -0.4 is 10.6 Å². The number of fused-ring (bicyclic) bond motifs is 1. The third-order valence-electron chi connectivity index (χ3n) is 3.56. The van der Waals surface area contributed by atoms with E-state index in [1.807, 2.05) is 13.2 Å². The zero-order valence-electron chi connectivity index (χ0n) is 11.6. The Labute approximate surface area is 119 Å². The standard InChI is InChI=1S/C15H22N2OS/c1-11(10-19-2)15(18)17-9-14-13-6-4-3-5-12(13)7-8-16-14/h3-6,11,14,16H,7-10H2,1-2H3,(H,17,18). The summed E-state index contributed by atoms with van der Waals surface area (Å²) >= 11 is 1.71. The summed E-state index contributed by atoms with van der Waals surface area (Å²) in [6.45, 7) is 3.64. The average Bonchev–Trinajstić information content (AvgIpc) is 2.45. The van der Waals surface area contributed by atoms with Crippen molar-refractivity contribution in [2.75, 3.05) is 25.1 Å². The molecule has 1 aromatic carbocycles. The number of thioether (sulfide) groups is 1. The highest BCUT2D eigenvalue weighted by Crippen LogP contribution is 2.21. The van der Waals surface area contributed by atoms with Gasteiger partial charge in [-0.1, -0.05) is 31.2 Å². The first-order valence-electron chi connectivity index (χ1n) is 6.80. The lowest BCUT2D eigenvalue weighted by Crippen LogP contribution is -2.40. The number of amides is 1. The van der Waals surface area contributed by atoms with Crippen molar-refractivity contribution in [2.45, 2.75) is 19.4 Å². The summed E-state index contributed by atoms with van der Waals surface area (Å²) in [4.78, 5) is 11.9. The Balaban J connectivity index is 1.92. The van der Waals surface area contributed by atoms with Crippen LogP contribution in [0.4, 0.5) is 0 Å². The molecular weight excluding hydrogens is 256 g/mol. The normalized spacial score (nSPS) is 19.6. The Bertz CT molecular complexity index is 436. The number of rotatable bonds is 5. The number of benzene rings is 1. The Morgan fingerprint density at radius 2 is 2.32 bits per heavy atom. The number of nitrogens with one attached hydrogen (secondary N) is 2. The maximum atomic E-state index is 11.9. The molecule has 0 spiro atoms. The zero-order chi connectivity index (χ0) is 13.7. The minimum atomic E-state index is 0.0776. The Kier molecular flexibility index (Phi) is 5.28. The second-order valence-corrected chi connectivity index (χ2v) is 5.97. The summed E-state index contributed by atoms with van der Waals surface area (Å²) < 4.78 is 0. The molecule has 1 aliphatic rings. The van der Waals surface area contributed by atoms with Crippen LogP contribution in [0.15, 0.2) is 24.3 Å². The van der Waals surface area contributed by atoms with Gasteiger partial charge in [-0.05, 0) is 30.3 Å². The Hall–Kier alpha value is -1.00. The van der Waals surface area contributed by atoms with Crippen molar-refractivity contribution in [3.63, 3.8) is 0 Å². The van der Waals surface area contributed by atoms with E-state index in [1.165, 1.54) is 11.1 Å². The molecule has 2 atom stereocenters. The molecule has 3 nitrogen and oxygen atoms in total. The first-order valence-corrected chi connectivity index (χ1v) is 8.19. The fraction of sp³-hybridized carbons (Fsp3) is 0.533. The Morgan fingerprint density at radius 1 is 1.53 bits per heavy atom. The molecule has 0 bridgehead atoms. The molecule has 1 amide bonds. The lowest BCUT2D eigenvalue weighted by atomic mass is 9.94. The first kappa shape index (κ1) is 14.4. The molecule has 0 aromatic heterocycles. The van der Waals surface area contributed by atoms with Crippen LogP contribution in [0.3, 0.4) is 0 Å². The van der Waals surface area contributed by atoms with Crippen molar-refractivity contribution in [1.82, 2.24) is 10.6 Å². The van der Waals surface area contributed by atoms with E-state index >= 15 is 0 Å². The maximum Gasteiger partial charge on any atom is 0.223 e. The van der Waals surface area contributed by atoms with Gasteiger partial charge in [0, 0.05) is 24.3 Å². The Morgan fingerprint density at radius 3 is 3.11 bits per heavy atom. The molecule has 19 heavy (non-hydrogen) atoms. The van der Waals surface area contributed by atoms with Gasteiger partial charge in [0.15, 0.2) is 0 Å². The van der Waals surface area contributed by atoms with Gasteiger partial charge in [-0.2, -0.15) is 11.8 Å². The van der Waals surface area contributed by atoms with E-state index in [1.54, 1.807) is 11.8 Å². The molecule has 1 aromatic rings. The lowest BCUT2D eigenvalue weighted by molar-refractivity contribution is -0.123. The van der Waals surface area contributed by atoms with Crippen molar-refractivity contribution in [2.24, 2.45) is 5.92 Å². The van der Waals surface area contributed by atoms with Crippen LogP contribution in [0.1, 0.15) is 24.1 Å². The van der Waals surface area contributed by atoms with Crippen LogP contribution in [-0.2, 0) is 11.2 Å². The van der Waals surface area contributed by atoms with E-state index < -0.39 is 0 Å². The molecule has 0 fully saturated rings. The SMILES string of the molecule is CSCC(C)C(=O)NCC1NCCc2ccccc21. The smallest absolute Gasteiger partial charge is 0.223 e. The highest BCUT2D eigenvalue weighted by atomic mass is 32.2. The largest absolute Gasteiger partial charge is 0.354 e.